The van der Waals surface area contributed by atoms with Crippen LogP contribution in [0, 0.1) is 12.8 Å². The standard InChI is InChI=1S/C29H32Cl3N3O4S/c1-19(2)16-33-29(37)21(4)34(17-22-7-8-24(31)15-27(22)32)28(36)18-35(25-11-9-23(30)10-12-25)40(38,39)26-13-5-20(3)6-14-26/h5-15,19,21H,16-18H2,1-4H3,(H,33,37)/t21-/m0/s1. The molecule has 40 heavy (non-hydrogen) atoms. The van der Waals surface area contributed by atoms with Crippen molar-refractivity contribution in [3.8, 4) is 0 Å². The summed E-state index contributed by atoms with van der Waals surface area (Å²) in [5.74, 6) is -0.763. The fourth-order valence-electron chi connectivity index (χ4n) is 3.84. The largest absolute Gasteiger partial charge is 0.354 e. The number of halogens is 3. The molecule has 1 atom stereocenters. The average molecular weight is 625 g/mol. The summed E-state index contributed by atoms with van der Waals surface area (Å²) < 4.78 is 28.7. The van der Waals surface area contributed by atoms with Gasteiger partial charge in [-0.3, -0.25) is 13.9 Å². The van der Waals surface area contributed by atoms with E-state index in [9.17, 15) is 18.0 Å². The van der Waals surface area contributed by atoms with Crippen LogP contribution in [0.15, 0.2) is 71.6 Å². The van der Waals surface area contributed by atoms with Crippen LogP contribution in [0.4, 0.5) is 5.69 Å². The topological polar surface area (TPSA) is 86.8 Å². The van der Waals surface area contributed by atoms with E-state index in [1.165, 1.54) is 29.2 Å². The van der Waals surface area contributed by atoms with E-state index < -0.39 is 28.5 Å². The predicted octanol–water partition coefficient (Wildman–Crippen LogP) is 6.34. The second-order valence-corrected chi connectivity index (χ2v) is 13.0. The quantitative estimate of drug-likeness (QED) is 0.270. The summed E-state index contributed by atoms with van der Waals surface area (Å²) >= 11 is 18.5. The molecule has 3 aromatic carbocycles. The van der Waals surface area contributed by atoms with Gasteiger partial charge in [-0.2, -0.15) is 0 Å². The molecule has 3 rings (SSSR count). The second kappa shape index (κ2) is 13.7. The number of benzene rings is 3. The molecule has 214 valence electrons. The summed E-state index contributed by atoms with van der Waals surface area (Å²) in [6, 6.07) is 16.4. The molecular formula is C29H32Cl3N3O4S. The maximum atomic E-state index is 13.9. The number of amides is 2. The van der Waals surface area contributed by atoms with Crippen molar-refractivity contribution < 1.29 is 18.0 Å². The molecule has 0 fully saturated rings. The van der Waals surface area contributed by atoms with Crippen molar-refractivity contribution in [2.75, 3.05) is 17.4 Å². The molecule has 0 aliphatic heterocycles. The van der Waals surface area contributed by atoms with E-state index in [-0.39, 0.29) is 29.0 Å². The van der Waals surface area contributed by atoms with Crippen LogP contribution in [-0.4, -0.2) is 44.3 Å². The Balaban J connectivity index is 2.03. The first-order valence-electron chi connectivity index (χ1n) is 12.7. The Morgan fingerprint density at radius 2 is 1.48 bits per heavy atom. The molecule has 11 heteroatoms. The van der Waals surface area contributed by atoms with Gasteiger partial charge >= 0.3 is 0 Å². The van der Waals surface area contributed by atoms with Gasteiger partial charge < -0.3 is 10.2 Å². The molecule has 0 unspecified atom stereocenters. The lowest BCUT2D eigenvalue weighted by molar-refractivity contribution is -0.139. The van der Waals surface area contributed by atoms with Gasteiger partial charge in [0, 0.05) is 28.2 Å². The Morgan fingerprint density at radius 1 is 0.875 bits per heavy atom. The monoisotopic (exact) mass is 623 g/mol. The molecule has 2 amide bonds. The first kappa shape index (κ1) is 31.7. The van der Waals surface area contributed by atoms with Crippen molar-refractivity contribution in [1.29, 1.82) is 0 Å². The third-order valence-corrected chi connectivity index (χ3v) is 8.84. The van der Waals surface area contributed by atoms with E-state index in [1.54, 1.807) is 49.4 Å². The van der Waals surface area contributed by atoms with Crippen LogP contribution in [0.5, 0.6) is 0 Å². The lowest BCUT2D eigenvalue weighted by Gasteiger charge is -2.32. The molecule has 1 N–H and O–H groups in total. The zero-order valence-electron chi connectivity index (χ0n) is 22.7. The number of aryl methyl sites for hydroxylation is 1. The Labute approximate surface area is 251 Å². The van der Waals surface area contributed by atoms with E-state index in [0.717, 1.165) is 9.87 Å². The molecular weight excluding hydrogens is 593 g/mol. The minimum atomic E-state index is -4.17. The number of rotatable bonds is 11. The number of carbonyl (C=O) groups excluding carboxylic acids is 2. The highest BCUT2D eigenvalue weighted by Crippen LogP contribution is 2.27. The number of nitrogens with one attached hydrogen (secondary N) is 1. The van der Waals surface area contributed by atoms with Crippen molar-refractivity contribution in [2.45, 2.75) is 45.2 Å². The molecule has 0 aromatic heterocycles. The Kier molecular flexibility index (Phi) is 10.9. The molecule has 0 saturated carbocycles. The molecule has 0 radical (unpaired) electrons. The van der Waals surface area contributed by atoms with Gasteiger partial charge in [-0.25, -0.2) is 8.42 Å². The van der Waals surface area contributed by atoms with E-state index >= 15 is 0 Å². The predicted molar refractivity (Wildman–Crippen MR) is 161 cm³/mol. The van der Waals surface area contributed by atoms with E-state index in [0.29, 0.717) is 27.2 Å². The smallest absolute Gasteiger partial charge is 0.264 e. The van der Waals surface area contributed by atoms with E-state index in [2.05, 4.69) is 5.32 Å². The number of hydrogen-bond donors (Lipinski definition) is 1. The van der Waals surface area contributed by atoms with Gasteiger partial charge in [0.25, 0.3) is 10.0 Å². The summed E-state index contributed by atoms with van der Waals surface area (Å²) in [5, 5.41) is 4.00. The van der Waals surface area contributed by atoms with E-state index in [4.69, 9.17) is 34.8 Å². The average Bonchev–Trinajstić information content (AvgIpc) is 2.90. The van der Waals surface area contributed by atoms with Crippen molar-refractivity contribution in [3.05, 3.63) is 92.9 Å². The summed E-state index contributed by atoms with van der Waals surface area (Å²) in [6.07, 6.45) is 0. The fraction of sp³-hybridized carbons (Fsp3) is 0.310. The number of nitrogens with zero attached hydrogens (tertiary/aromatic N) is 2. The fourth-order valence-corrected chi connectivity index (χ4v) is 5.85. The summed E-state index contributed by atoms with van der Waals surface area (Å²) in [7, 11) is -4.17. The number of sulfonamides is 1. The Bertz CT molecular complexity index is 1450. The third kappa shape index (κ3) is 8.13. The summed E-state index contributed by atoms with van der Waals surface area (Å²) in [4.78, 5) is 28.3. The number of anilines is 1. The summed E-state index contributed by atoms with van der Waals surface area (Å²) in [6.45, 7) is 7.18. The van der Waals surface area contributed by atoms with Gasteiger partial charge in [-0.1, -0.05) is 72.4 Å². The van der Waals surface area contributed by atoms with Crippen molar-refractivity contribution in [1.82, 2.24) is 10.2 Å². The second-order valence-electron chi connectivity index (χ2n) is 9.87. The molecule has 0 saturated heterocycles. The van der Waals surface area contributed by atoms with Crippen LogP contribution in [0.2, 0.25) is 15.1 Å². The van der Waals surface area contributed by atoms with Gasteiger partial charge in [0.05, 0.1) is 10.6 Å². The molecule has 3 aromatic rings. The molecule has 0 heterocycles. The highest BCUT2D eigenvalue weighted by Gasteiger charge is 2.32. The van der Waals surface area contributed by atoms with Crippen molar-refractivity contribution in [2.24, 2.45) is 5.92 Å². The Morgan fingerprint density at radius 3 is 2.05 bits per heavy atom. The SMILES string of the molecule is Cc1ccc(S(=O)(=O)N(CC(=O)N(Cc2ccc(Cl)cc2Cl)[C@@H](C)C(=O)NCC(C)C)c2ccc(Cl)cc2)cc1. The summed E-state index contributed by atoms with van der Waals surface area (Å²) in [5.41, 5.74) is 1.70. The van der Waals surface area contributed by atoms with Crippen LogP contribution in [-0.2, 0) is 26.2 Å². The first-order valence-corrected chi connectivity index (χ1v) is 15.2. The number of hydrogen-bond acceptors (Lipinski definition) is 4. The van der Waals surface area contributed by atoms with Crippen LogP contribution >= 0.6 is 34.8 Å². The number of carbonyl (C=O) groups is 2. The lowest BCUT2D eigenvalue weighted by atomic mass is 10.1. The third-order valence-electron chi connectivity index (χ3n) is 6.21. The normalized spacial score (nSPS) is 12.2. The van der Waals surface area contributed by atoms with Gasteiger partial charge in [0.2, 0.25) is 11.8 Å². The minimum Gasteiger partial charge on any atom is -0.354 e. The van der Waals surface area contributed by atoms with Crippen LogP contribution in [0.25, 0.3) is 0 Å². The van der Waals surface area contributed by atoms with Crippen LogP contribution in [0.1, 0.15) is 31.9 Å². The maximum Gasteiger partial charge on any atom is 0.264 e. The van der Waals surface area contributed by atoms with Gasteiger partial charge in [-0.05, 0) is 73.9 Å². The van der Waals surface area contributed by atoms with Gasteiger partial charge in [0.1, 0.15) is 12.6 Å². The van der Waals surface area contributed by atoms with Gasteiger partial charge in [0.15, 0.2) is 0 Å². The van der Waals surface area contributed by atoms with E-state index in [1.807, 2.05) is 20.8 Å². The maximum absolute atomic E-state index is 13.9. The minimum absolute atomic E-state index is 0.0240. The molecule has 0 aliphatic carbocycles. The lowest BCUT2D eigenvalue weighted by Crippen LogP contribution is -2.51. The zero-order chi connectivity index (χ0) is 29.6. The van der Waals surface area contributed by atoms with Gasteiger partial charge in [-0.15, -0.1) is 0 Å². The highest BCUT2D eigenvalue weighted by molar-refractivity contribution is 7.92. The zero-order valence-corrected chi connectivity index (χ0v) is 25.8. The molecule has 7 nitrogen and oxygen atoms in total. The molecule has 0 spiro atoms. The van der Waals surface area contributed by atoms with Crippen molar-refractivity contribution >= 4 is 62.3 Å². The van der Waals surface area contributed by atoms with Crippen LogP contribution < -0.4 is 9.62 Å². The van der Waals surface area contributed by atoms with Crippen LogP contribution in [0.3, 0.4) is 0 Å². The van der Waals surface area contributed by atoms with Crippen molar-refractivity contribution in [3.63, 3.8) is 0 Å². The molecule has 0 aliphatic rings. The first-order chi connectivity index (χ1) is 18.8. The highest BCUT2D eigenvalue weighted by atomic mass is 35.5. The Hall–Kier alpha value is -2.78. The molecule has 0 bridgehead atoms.